The molecule has 0 aliphatic heterocycles. The van der Waals surface area contributed by atoms with Crippen molar-refractivity contribution in [1.29, 1.82) is 0 Å². The lowest BCUT2D eigenvalue weighted by molar-refractivity contribution is 0.278. The summed E-state index contributed by atoms with van der Waals surface area (Å²) in [5.74, 6) is 2.03. The van der Waals surface area contributed by atoms with Gasteiger partial charge in [0.2, 0.25) is 0 Å². The van der Waals surface area contributed by atoms with E-state index in [-0.39, 0.29) is 0 Å². The van der Waals surface area contributed by atoms with Crippen molar-refractivity contribution in [3.63, 3.8) is 0 Å². The fourth-order valence-corrected chi connectivity index (χ4v) is 2.62. The molecule has 0 heterocycles. The van der Waals surface area contributed by atoms with Gasteiger partial charge >= 0.3 is 0 Å². The lowest BCUT2D eigenvalue weighted by Gasteiger charge is -2.25. The Hall–Kier alpha value is 0.480. The van der Waals surface area contributed by atoms with Gasteiger partial charge in [-0.2, -0.15) is 0 Å². The van der Waals surface area contributed by atoms with Crippen LogP contribution in [-0.2, 0) is 0 Å². The first-order chi connectivity index (χ1) is 4.83. The van der Waals surface area contributed by atoms with E-state index in [0.717, 1.165) is 11.8 Å². The number of alkyl halides is 1. The fourth-order valence-electron chi connectivity index (χ4n) is 1.98. The van der Waals surface area contributed by atoms with Crippen LogP contribution in [0.15, 0.2) is 0 Å². The van der Waals surface area contributed by atoms with E-state index in [1.54, 1.807) is 0 Å². The highest BCUT2D eigenvalue weighted by molar-refractivity contribution is 9.09. The minimum atomic E-state index is 0.998. The molecule has 0 spiro atoms. The summed E-state index contributed by atoms with van der Waals surface area (Å²) in [6, 6.07) is 0. The first-order valence-electron chi connectivity index (χ1n) is 4.39. The minimum Gasteiger partial charge on any atom is -0.0928 e. The molecule has 10 heavy (non-hydrogen) atoms. The Bertz CT molecular complexity index is 88.7. The zero-order valence-electron chi connectivity index (χ0n) is 6.78. The van der Waals surface area contributed by atoms with Crippen LogP contribution >= 0.6 is 15.9 Å². The second kappa shape index (κ2) is 4.38. The monoisotopic (exact) mass is 204 g/mol. The smallest absolute Gasteiger partial charge is 0.00339 e. The highest BCUT2D eigenvalue weighted by Gasteiger charge is 2.17. The van der Waals surface area contributed by atoms with Crippen molar-refractivity contribution in [2.24, 2.45) is 11.8 Å². The molecule has 0 aromatic heterocycles. The van der Waals surface area contributed by atoms with Crippen LogP contribution in [0.25, 0.3) is 0 Å². The summed E-state index contributed by atoms with van der Waals surface area (Å²) < 4.78 is 0. The quantitative estimate of drug-likeness (QED) is 0.604. The molecule has 60 valence electrons. The van der Waals surface area contributed by atoms with Crippen molar-refractivity contribution < 1.29 is 0 Å². The summed E-state index contributed by atoms with van der Waals surface area (Å²) in [5.41, 5.74) is 0. The highest BCUT2D eigenvalue weighted by Crippen LogP contribution is 2.30. The van der Waals surface area contributed by atoms with Crippen molar-refractivity contribution in [1.82, 2.24) is 0 Å². The predicted octanol–water partition coefficient (Wildman–Crippen LogP) is 3.60. The molecule has 0 bridgehead atoms. The molecule has 1 heteroatoms. The Morgan fingerprint density at radius 1 is 1.40 bits per heavy atom. The zero-order chi connectivity index (χ0) is 7.40. The standard InChI is InChI=1S/C9H17Br/c1-8-3-2-4-9(7-8)5-6-10/h8-9H,2-7H2,1H3/t8-,9-/m1/s1. The van der Waals surface area contributed by atoms with E-state index in [1.807, 2.05) is 0 Å². The normalized spacial score (nSPS) is 34.2. The summed E-state index contributed by atoms with van der Waals surface area (Å²) in [6.45, 7) is 2.39. The first kappa shape index (κ1) is 8.58. The van der Waals surface area contributed by atoms with Gasteiger partial charge in [-0.25, -0.2) is 0 Å². The van der Waals surface area contributed by atoms with Crippen molar-refractivity contribution in [2.45, 2.75) is 39.0 Å². The summed E-state index contributed by atoms with van der Waals surface area (Å²) in [4.78, 5) is 0. The summed E-state index contributed by atoms with van der Waals surface area (Å²) in [5, 5.41) is 1.20. The molecule has 0 amide bonds. The third kappa shape index (κ3) is 2.61. The largest absolute Gasteiger partial charge is 0.0928 e. The minimum absolute atomic E-state index is 0.998. The molecule has 0 aromatic carbocycles. The fraction of sp³-hybridized carbons (Fsp3) is 1.00. The zero-order valence-corrected chi connectivity index (χ0v) is 8.36. The summed E-state index contributed by atoms with van der Waals surface area (Å²) >= 11 is 3.50. The van der Waals surface area contributed by atoms with Crippen LogP contribution in [0.1, 0.15) is 39.0 Å². The maximum absolute atomic E-state index is 3.50. The Labute approximate surface area is 72.5 Å². The van der Waals surface area contributed by atoms with Crippen molar-refractivity contribution >= 4 is 15.9 Å². The summed E-state index contributed by atoms with van der Waals surface area (Å²) in [7, 11) is 0. The highest BCUT2D eigenvalue weighted by atomic mass is 79.9. The molecule has 1 rings (SSSR count). The van der Waals surface area contributed by atoms with Crippen LogP contribution in [-0.4, -0.2) is 5.33 Å². The van der Waals surface area contributed by atoms with Gasteiger partial charge in [-0.3, -0.25) is 0 Å². The van der Waals surface area contributed by atoms with E-state index >= 15 is 0 Å². The maximum Gasteiger partial charge on any atom is 0.00339 e. The molecule has 0 aromatic rings. The van der Waals surface area contributed by atoms with Crippen LogP contribution in [0.3, 0.4) is 0 Å². The number of hydrogen-bond acceptors (Lipinski definition) is 0. The summed E-state index contributed by atoms with van der Waals surface area (Å²) in [6.07, 6.45) is 7.30. The Kier molecular flexibility index (Phi) is 3.75. The van der Waals surface area contributed by atoms with Crippen molar-refractivity contribution in [2.75, 3.05) is 5.33 Å². The molecular formula is C9H17Br. The molecule has 0 N–H and O–H groups in total. The first-order valence-corrected chi connectivity index (χ1v) is 5.51. The van der Waals surface area contributed by atoms with Crippen LogP contribution in [0.5, 0.6) is 0 Å². The molecule has 0 nitrogen and oxygen atoms in total. The molecule has 1 fully saturated rings. The lowest BCUT2D eigenvalue weighted by atomic mass is 9.81. The van der Waals surface area contributed by atoms with E-state index in [0.29, 0.717) is 0 Å². The predicted molar refractivity (Wildman–Crippen MR) is 49.5 cm³/mol. The van der Waals surface area contributed by atoms with Gasteiger partial charge in [0.15, 0.2) is 0 Å². The third-order valence-corrected chi connectivity index (χ3v) is 3.02. The van der Waals surface area contributed by atoms with Gasteiger partial charge in [0.05, 0.1) is 0 Å². The molecular weight excluding hydrogens is 188 g/mol. The van der Waals surface area contributed by atoms with Gasteiger partial charge in [-0.15, -0.1) is 0 Å². The van der Waals surface area contributed by atoms with E-state index in [1.165, 1.54) is 37.4 Å². The van der Waals surface area contributed by atoms with Crippen LogP contribution < -0.4 is 0 Å². The van der Waals surface area contributed by atoms with Gasteiger partial charge in [-0.1, -0.05) is 42.1 Å². The average molecular weight is 205 g/mol. The molecule has 0 saturated heterocycles. The van der Waals surface area contributed by atoms with E-state index in [4.69, 9.17) is 0 Å². The Morgan fingerprint density at radius 3 is 2.80 bits per heavy atom. The molecule has 0 radical (unpaired) electrons. The van der Waals surface area contributed by atoms with Gasteiger partial charge in [0.1, 0.15) is 0 Å². The Balaban J connectivity index is 2.18. The molecule has 1 aliphatic rings. The average Bonchev–Trinajstić information content (AvgIpc) is 1.88. The van der Waals surface area contributed by atoms with E-state index in [2.05, 4.69) is 22.9 Å². The topological polar surface area (TPSA) is 0 Å². The number of rotatable bonds is 2. The molecule has 0 unspecified atom stereocenters. The van der Waals surface area contributed by atoms with Crippen molar-refractivity contribution in [3.05, 3.63) is 0 Å². The van der Waals surface area contributed by atoms with Crippen molar-refractivity contribution in [3.8, 4) is 0 Å². The van der Waals surface area contributed by atoms with Gasteiger partial charge < -0.3 is 0 Å². The second-order valence-corrected chi connectivity index (χ2v) is 4.41. The van der Waals surface area contributed by atoms with E-state index in [9.17, 15) is 0 Å². The van der Waals surface area contributed by atoms with Gasteiger partial charge in [0, 0.05) is 5.33 Å². The SMILES string of the molecule is C[C@@H]1CCC[C@H](CCBr)C1. The third-order valence-electron chi connectivity index (χ3n) is 2.56. The lowest BCUT2D eigenvalue weighted by Crippen LogP contribution is -2.13. The van der Waals surface area contributed by atoms with E-state index < -0.39 is 0 Å². The maximum atomic E-state index is 3.50. The molecule has 2 atom stereocenters. The Morgan fingerprint density at radius 2 is 2.20 bits per heavy atom. The van der Waals surface area contributed by atoms with Gasteiger partial charge in [0.25, 0.3) is 0 Å². The van der Waals surface area contributed by atoms with Gasteiger partial charge in [-0.05, 0) is 24.7 Å². The number of halogens is 1. The van der Waals surface area contributed by atoms with Crippen LogP contribution in [0.4, 0.5) is 0 Å². The van der Waals surface area contributed by atoms with Crippen LogP contribution in [0.2, 0.25) is 0 Å². The second-order valence-electron chi connectivity index (χ2n) is 3.62. The molecule has 1 saturated carbocycles. The van der Waals surface area contributed by atoms with Crippen LogP contribution in [0, 0.1) is 11.8 Å². The number of hydrogen-bond donors (Lipinski definition) is 0. The molecule has 1 aliphatic carbocycles.